The number of nitrogens with one attached hydrogen (secondary N) is 3. The maximum atomic E-state index is 11.8. The Morgan fingerprint density at radius 1 is 1.27 bits per heavy atom. The zero-order valence-corrected chi connectivity index (χ0v) is 21.1. The highest BCUT2D eigenvalue weighted by Crippen LogP contribution is 2.38. The molecule has 1 saturated heterocycles. The van der Waals surface area contributed by atoms with Crippen LogP contribution in [0.4, 0.5) is 27.9 Å². The standard InChI is InChI=1S/C24H25ClN10O2/c1-3-14-11-34(12-18(14)31-24(36)37-2)19-7-13(8-26)6-17(20(19)25)30-23-32-21(29-15-4-5-15)22-28-10-16(9-27)35(22)33-23/h6-7,10,14-15,18H,3-5,11-12H2,1-2H3,(H,31,36)(H2,29,30,32,33)/t14-,18-/m0/s1. The van der Waals surface area contributed by atoms with Gasteiger partial charge < -0.3 is 25.6 Å². The van der Waals surface area contributed by atoms with Gasteiger partial charge in [0.2, 0.25) is 5.95 Å². The van der Waals surface area contributed by atoms with Gasteiger partial charge in [0.25, 0.3) is 0 Å². The summed E-state index contributed by atoms with van der Waals surface area (Å²) in [6, 6.07) is 7.81. The van der Waals surface area contributed by atoms with Gasteiger partial charge in [-0.05, 0) is 37.3 Å². The fourth-order valence-corrected chi connectivity index (χ4v) is 4.78. The van der Waals surface area contributed by atoms with Crippen LogP contribution in [-0.4, -0.2) is 58.0 Å². The summed E-state index contributed by atoms with van der Waals surface area (Å²) in [6.07, 6.45) is 3.88. The molecule has 1 aliphatic carbocycles. The zero-order chi connectivity index (χ0) is 26.1. The van der Waals surface area contributed by atoms with E-state index in [0.29, 0.717) is 52.6 Å². The number of nitriles is 2. The monoisotopic (exact) mass is 520 g/mol. The van der Waals surface area contributed by atoms with Crippen LogP contribution in [0.1, 0.15) is 37.4 Å². The van der Waals surface area contributed by atoms with E-state index in [-0.39, 0.29) is 23.6 Å². The first kappa shape index (κ1) is 24.4. The minimum atomic E-state index is -0.482. The van der Waals surface area contributed by atoms with Gasteiger partial charge in [0.05, 0.1) is 47.4 Å². The predicted molar refractivity (Wildman–Crippen MR) is 137 cm³/mol. The number of carbonyl (C=O) groups excluding carboxylic acids is 1. The minimum absolute atomic E-state index is 0.122. The maximum absolute atomic E-state index is 11.8. The van der Waals surface area contributed by atoms with Gasteiger partial charge in [0.15, 0.2) is 17.2 Å². The molecule has 190 valence electrons. The van der Waals surface area contributed by atoms with Crippen molar-refractivity contribution < 1.29 is 9.53 Å². The van der Waals surface area contributed by atoms with Gasteiger partial charge in [0, 0.05) is 19.1 Å². The number of fused-ring (bicyclic) bond motifs is 1. The lowest BCUT2D eigenvalue weighted by molar-refractivity contribution is 0.164. The molecule has 0 unspecified atom stereocenters. The molecule has 1 aliphatic heterocycles. The van der Waals surface area contributed by atoms with Gasteiger partial charge >= 0.3 is 6.09 Å². The van der Waals surface area contributed by atoms with Gasteiger partial charge in [-0.25, -0.2) is 9.78 Å². The Kier molecular flexibility index (Phi) is 6.59. The maximum Gasteiger partial charge on any atom is 0.407 e. The quantitative estimate of drug-likeness (QED) is 0.421. The van der Waals surface area contributed by atoms with E-state index in [0.717, 1.165) is 19.3 Å². The lowest BCUT2D eigenvalue weighted by Crippen LogP contribution is -2.40. The number of halogens is 1. The van der Waals surface area contributed by atoms with E-state index in [4.69, 9.17) is 16.3 Å². The number of ether oxygens (including phenoxy) is 1. The van der Waals surface area contributed by atoms with Crippen molar-refractivity contribution in [1.29, 1.82) is 10.5 Å². The van der Waals surface area contributed by atoms with Gasteiger partial charge in [0.1, 0.15) is 6.07 Å². The van der Waals surface area contributed by atoms with Crippen molar-refractivity contribution in [1.82, 2.24) is 24.9 Å². The molecule has 2 fully saturated rings. The average molecular weight is 521 g/mol. The number of imidazole rings is 1. The Balaban J connectivity index is 1.49. The molecule has 5 rings (SSSR count). The predicted octanol–water partition coefficient (Wildman–Crippen LogP) is 3.41. The third-order valence-electron chi connectivity index (χ3n) is 6.62. The number of methoxy groups -OCH3 is 1. The van der Waals surface area contributed by atoms with E-state index in [9.17, 15) is 15.3 Å². The second kappa shape index (κ2) is 9.99. The summed E-state index contributed by atoms with van der Waals surface area (Å²) in [6.45, 7) is 3.23. The average Bonchev–Trinajstić information content (AvgIpc) is 3.47. The molecular formula is C24H25ClN10O2. The van der Waals surface area contributed by atoms with E-state index in [2.05, 4.69) is 55.0 Å². The number of alkyl carbamates (subject to hydrolysis) is 1. The second-order valence-corrected chi connectivity index (χ2v) is 9.48. The fourth-order valence-electron chi connectivity index (χ4n) is 4.50. The van der Waals surface area contributed by atoms with Crippen LogP contribution in [0.15, 0.2) is 18.3 Å². The molecule has 0 spiro atoms. The summed E-state index contributed by atoms with van der Waals surface area (Å²) in [5.74, 6) is 0.896. The molecule has 0 radical (unpaired) electrons. The van der Waals surface area contributed by atoms with Crippen molar-refractivity contribution >= 4 is 46.5 Å². The number of carbonyl (C=O) groups is 1. The number of hydrogen-bond donors (Lipinski definition) is 3. The number of benzene rings is 1. The van der Waals surface area contributed by atoms with E-state index in [1.165, 1.54) is 17.8 Å². The summed E-state index contributed by atoms with van der Waals surface area (Å²) in [4.78, 5) is 22.8. The van der Waals surface area contributed by atoms with Gasteiger partial charge in [-0.3, -0.25) is 0 Å². The third kappa shape index (κ3) is 4.88. The summed E-state index contributed by atoms with van der Waals surface area (Å²) in [5, 5.41) is 33.4. The largest absolute Gasteiger partial charge is 0.453 e. The fraction of sp³-hybridized carbons (Fsp3) is 0.417. The summed E-state index contributed by atoms with van der Waals surface area (Å²) in [7, 11) is 1.34. The van der Waals surface area contributed by atoms with E-state index in [1.807, 2.05) is 0 Å². The van der Waals surface area contributed by atoms with Crippen LogP contribution < -0.4 is 20.9 Å². The molecule has 2 atom stereocenters. The molecular weight excluding hydrogens is 496 g/mol. The first-order valence-electron chi connectivity index (χ1n) is 12.0. The number of nitrogens with zero attached hydrogens (tertiary/aromatic N) is 7. The lowest BCUT2D eigenvalue weighted by atomic mass is 10.0. The smallest absolute Gasteiger partial charge is 0.407 e. The molecule has 1 amide bonds. The molecule has 2 aromatic heterocycles. The Hall–Kier alpha value is -4.29. The van der Waals surface area contributed by atoms with Crippen LogP contribution in [0.2, 0.25) is 5.02 Å². The van der Waals surface area contributed by atoms with Gasteiger partial charge in [-0.2, -0.15) is 20.0 Å². The Morgan fingerprint density at radius 2 is 2.08 bits per heavy atom. The van der Waals surface area contributed by atoms with Gasteiger partial charge in [-0.15, -0.1) is 5.10 Å². The number of rotatable bonds is 7. The Labute approximate surface area is 218 Å². The molecule has 1 aromatic carbocycles. The second-order valence-electron chi connectivity index (χ2n) is 9.10. The number of anilines is 4. The molecule has 0 bridgehead atoms. The highest BCUT2D eigenvalue weighted by atomic mass is 35.5. The zero-order valence-electron chi connectivity index (χ0n) is 20.3. The molecule has 3 aromatic rings. The Morgan fingerprint density at radius 3 is 2.76 bits per heavy atom. The normalized spacial score (nSPS) is 18.8. The van der Waals surface area contributed by atoms with Crippen molar-refractivity contribution in [3.63, 3.8) is 0 Å². The van der Waals surface area contributed by atoms with Crippen molar-refractivity contribution in [3.05, 3.63) is 34.6 Å². The van der Waals surface area contributed by atoms with Crippen LogP contribution in [-0.2, 0) is 4.74 Å². The van der Waals surface area contributed by atoms with E-state index < -0.39 is 6.09 Å². The van der Waals surface area contributed by atoms with Crippen LogP contribution in [0, 0.1) is 28.6 Å². The highest BCUT2D eigenvalue weighted by molar-refractivity contribution is 6.36. The molecule has 2 aliphatic rings. The topological polar surface area (TPSA) is 156 Å². The molecule has 3 N–H and O–H groups in total. The summed E-state index contributed by atoms with van der Waals surface area (Å²) < 4.78 is 6.21. The first-order valence-corrected chi connectivity index (χ1v) is 12.3. The van der Waals surface area contributed by atoms with Crippen LogP contribution in [0.5, 0.6) is 0 Å². The van der Waals surface area contributed by atoms with Crippen molar-refractivity contribution in [3.8, 4) is 12.1 Å². The molecule has 37 heavy (non-hydrogen) atoms. The lowest BCUT2D eigenvalue weighted by Gasteiger charge is -2.22. The van der Waals surface area contributed by atoms with Crippen molar-refractivity contribution in [2.75, 3.05) is 35.7 Å². The van der Waals surface area contributed by atoms with Crippen LogP contribution in [0.3, 0.4) is 0 Å². The Bertz CT molecular complexity index is 1440. The summed E-state index contributed by atoms with van der Waals surface area (Å²) >= 11 is 6.86. The highest BCUT2D eigenvalue weighted by Gasteiger charge is 2.34. The van der Waals surface area contributed by atoms with Crippen LogP contribution >= 0.6 is 11.6 Å². The SMILES string of the molecule is CC[C@H]1CN(c2cc(C#N)cc(Nc3nc(NC4CC4)c4ncc(C#N)n4n3)c2Cl)C[C@@H]1NC(=O)OC. The molecule has 1 saturated carbocycles. The molecule has 13 heteroatoms. The van der Waals surface area contributed by atoms with Crippen LogP contribution in [0.25, 0.3) is 5.65 Å². The summed E-state index contributed by atoms with van der Waals surface area (Å²) in [5.41, 5.74) is 2.23. The van der Waals surface area contributed by atoms with Crippen molar-refractivity contribution in [2.24, 2.45) is 5.92 Å². The minimum Gasteiger partial charge on any atom is -0.453 e. The molecule has 12 nitrogen and oxygen atoms in total. The third-order valence-corrected chi connectivity index (χ3v) is 7.02. The van der Waals surface area contributed by atoms with Crippen molar-refractivity contribution in [2.45, 2.75) is 38.3 Å². The van der Waals surface area contributed by atoms with E-state index >= 15 is 0 Å². The molecule has 3 heterocycles. The number of amides is 1. The number of hydrogen-bond acceptors (Lipinski definition) is 10. The van der Waals surface area contributed by atoms with E-state index in [1.54, 1.807) is 12.1 Å². The number of aromatic nitrogens is 4. The first-order chi connectivity index (χ1) is 17.9. The van der Waals surface area contributed by atoms with Gasteiger partial charge in [-0.1, -0.05) is 18.5 Å².